The Balaban J connectivity index is 1.89. The van der Waals surface area contributed by atoms with Gasteiger partial charge in [0.25, 0.3) is 0 Å². The van der Waals surface area contributed by atoms with Crippen molar-refractivity contribution in [2.45, 2.75) is 5.75 Å². The molecule has 1 aromatic heterocycles. The van der Waals surface area contributed by atoms with E-state index in [-0.39, 0.29) is 5.91 Å². The second-order valence-corrected chi connectivity index (χ2v) is 5.90. The number of hydrogen-bond acceptors (Lipinski definition) is 8. The van der Waals surface area contributed by atoms with Crippen LogP contribution in [0.5, 0.6) is 11.5 Å². The van der Waals surface area contributed by atoms with Gasteiger partial charge in [-0.05, 0) is 18.2 Å². The SMILES string of the molecule is COCCNC(=O)CSCc1nc(-c2ccc(OC)c(OC)c2)no1. The van der Waals surface area contributed by atoms with Gasteiger partial charge in [-0.2, -0.15) is 4.98 Å². The number of benzene rings is 1. The van der Waals surface area contributed by atoms with E-state index in [4.69, 9.17) is 18.7 Å². The highest BCUT2D eigenvalue weighted by Gasteiger charge is 2.12. The molecule has 0 saturated heterocycles. The molecule has 9 heteroatoms. The number of carbonyl (C=O) groups is 1. The highest BCUT2D eigenvalue weighted by Crippen LogP contribution is 2.31. The average molecular weight is 367 g/mol. The summed E-state index contributed by atoms with van der Waals surface area (Å²) in [4.78, 5) is 15.9. The van der Waals surface area contributed by atoms with Crippen molar-refractivity contribution >= 4 is 17.7 Å². The lowest BCUT2D eigenvalue weighted by Gasteiger charge is -2.07. The zero-order valence-corrected chi connectivity index (χ0v) is 15.2. The lowest BCUT2D eigenvalue weighted by molar-refractivity contribution is -0.118. The van der Waals surface area contributed by atoms with Crippen LogP contribution in [0.4, 0.5) is 0 Å². The van der Waals surface area contributed by atoms with Crippen molar-refractivity contribution < 1.29 is 23.5 Å². The molecule has 0 spiro atoms. The normalized spacial score (nSPS) is 10.5. The number of rotatable bonds is 10. The van der Waals surface area contributed by atoms with Crippen LogP contribution in [0.2, 0.25) is 0 Å². The number of carbonyl (C=O) groups excluding carboxylic acids is 1. The Labute approximate surface area is 150 Å². The van der Waals surface area contributed by atoms with Gasteiger partial charge in [-0.15, -0.1) is 11.8 Å². The first-order chi connectivity index (χ1) is 12.2. The van der Waals surface area contributed by atoms with Gasteiger partial charge >= 0.3 is 0 Å². The summed E-state index contributed by atoms with van der Waals surface area (Å²) in [5, 5.41) is 6.71. The van der Waals surface area contributed by atoms with Crippen LogP contribution in [0.1, 0.15) is 5.89 Å². The maximum absolute atomic E-state index is 11.6. The zero-order chi connectivity index (χ0) is 18.1. The van der Waals surface area contributed by atoms with Gasteiger partial charge in [0, 0.05) is 19.2 Å². The van der Waals surface area contributed by atoms with Crippen molar-refractivity contribution in [1.82, 2.24) is 15.5 Å². The fraction of sp³-hybridized carbons (Fsp3) is 0.438. The number of aromatic nitrogens is 2. The Hall–Kier alpha value is -2.26. The molecule has 25 heavy (non-hydrogen) atoms. The summed E-state index contributed by atoms with van der Waals surface area (Å²) in [6, 6.07) is 5.39. The van der Waals surface area contributed by atoms with E-state index in [1.54, 1.807) is 33.5 Å². The number of nitrogens with zero attached hydrogens (tertiary/aromatic N) is 2. The maximum Gasteiger partial charge on any atom is 0.236 e. The highest BCUT2D eigenvalue weighted by molar-refractivity contribution is 7.99. The molecular weight excluding hydrogens is 346 g/mol. The smallest absolute Gasteiger partial charge is 0.236 e. The van der Waals surface area contributed by atoms with Crippen molar-refractivity contribution in [1.29, 1.82) is 0 Å². The molecule has 0 radical (unpaired) electrons. The Morgan fingerprint density at radius 3 is 2.76 bits per heavy atom. The van der Waals surface area contributed by atoms with Gasteiger partial charge in [0.2, 0.25) is 17.6 Å². The van der Waals surface area contributed by atoms with Gasteiger partial charge < -0.3 is 24.1 Å². The van der Waals surface area contributed by atoms with Crippen molar-refractivity contribution in [3.63, 3.8) is 0 Å². The minimum absolute atomic E-state index is 0.0540. The molecule has 8 nitrogen and oxygen atoms in total. The van der Waals surface area contributed by atoms with E-state index in [1.165, 1.54) is 11.8 Å². The van der Waals surface area contributed by atoms with E-state index in [1.807, 2.05) is 6.07 Å². The molecule has 0 aliphatic rings. The summed E-state index contributed by atoms with van der Waals surface area (Å²) in [6.45, 7) is 0.995. The second-order valence-electron chi connectivity index (χ2n) is 4.92. The zero-order valence-electron chi connectivity index (χ0n) is 14.4. The molecule has 0 aliphatic heterocycles. The quantitative estimate of drug-likeness (QED) is 0.635. The second kappa shape index (κ2) is 9.90. The van der Waals surface area contributed by atoms with Crippen molar-refractivity contribution in [2.75, 3.05) is 40.2 Å². The molecule has 1 aromatic carbocycles. The topological polar surface area (TPSA) is 95.7 Å². The third-order valence-electron chi connectivity index (χ3n) is 3.20. The number of ether oxygens (including phenoxy) is 3. The number of hydrogen-bond donors (Lipinski definition) is 1. The van der Waals surface area contributed by atoms with Crippen molar-refractivity contribution in [2.24, 2.45) is 0 Å². The lowest BCUT2D eigenvalue weighted by atomic mass is 10.2. The molecule has 0 bridgehead atoms. The van der Waals surface area contributed by atoms with Gasteiger partial charge in [-0.25, -0.2) is 0 Å². The van der Waals surface area contributed by atoms with Crippen LogP contribution >= 0.6 is 11.8 Å². The minimum atomic E-state index is -0.0540. The van der Waals surface area contributed by atoms with Gasteiger partial charge in [-0.3, -0.25) is 4.79 Å². The van der Waals surface area contributed by atoms with Gasteiger partial charge in [-0.1, -0.05) is 5.16 Å². The molecule has 1 N–H and O–H groups in total. The van der Waals surface area contributed by atoms with E-state index in [2.05, 4.69) is 15.5 Å². The highest BCUT2D eigenvalue weighted by atomic mass is 32.2. The van der Waals surface area contributed by atoms with E-state index in [0.29, 0.717) is 47.9 Å². The van der Waals surface area contributed by atoms with Crippen LogP contribution in [-0.4, -0.2) is 56.3 Å². The van der Waals surface area contributed by atoms with E-state index in [0.717, 1.165) is 5.56 Å². The fourth-order valence-corrected chi connectivity index (χ4v) is 2.66. The summed E-state index contributed by atoms with van der Waals surface area (Å²) in [7, 11) is 4.73. The number of amides is 1. The van der Waals surface area contributed by atoms with Crippen LogP contribution in [0.3, 0.4) is 0 Å². The lowest BCUT2D eigenvalue weighted by Crippen LogP contribution is -2.28. The monoisotopic (exact) mass is 367 g/mol. The minimum Gasteiger partial charge on any atom is -0.493 e. The molecule has 1 amide bonds. The third-order valence-corrected chi connectivity index (χ3v) is 4.11. The van der Waals surface area contributed by atoms with Crippen LogP contribution < -0.4 is 14.8 Å². The predicted molar refractivity (Wildman–Crippen MR) is 93.9 cm³/mol. The van der Waals surface area contributed by atoms with Gasteiger partial charge in [0.05, 0.1) is 32.3 Å². The summed E-state index contributed by atoms with van der Waals surface area (Å²) >= 11 is 1.40. The third kappa shape index (κ3) is 5.64. The van der Waals surface area contributed by atoms with Crippen molar-refractivity contribution in [3.8, 4) is 22.9 Å². The molecule has 0 saturated carbocycles. The van der Waals surface area contributed by atoms with E-state index in [9.17, 15) is 4.79 Å². The molecule has 136 valence electrons. The Morgan fingerprint density at radius 2 is 2.04 bits per heavy atom. The van der Waals surface area contributed by atoms with Crippen molar-refractivity contribution in [3.05, 3.63) is 24.1 Å². The molecule has 0 aliphatic carbocycles. The maximum atomic E-state index is 11.6. The first-order valence-electron chi connectivity index (χ1n) is 7.56. The molecule has 1 heterocycles. The molecular formula is C16H21N3O5S. The summed E-state index contributed by atoms with van der Waals surface area (Å²) in [5.41, 5.74) is 0.759. The first kappa shape index (κ1) is 19.1. The van der Waals surface area contributed by atoms with Crippen LogP contribution in [-0.2, 0) is 15.3 Å². The summed E-state index contributed by atoms with van der Waals surface area (Å²) in [5.74, 6) is 2.86. The molecule has 0 unspecified atom stereocenters. The largest absolute Gasteiger partial charge is 0.493 e. The van der Waals surface area contributed by atoms with Crippen LogP contribution in [0.15, 0.2) is 22.7 Å². The van der Waals surface area contributed by atoms with E-state index < -0.39 is 0 Å². The summed E-state index contributed by atoms with van der Waals surface area (Å²) in [6.07, 6.45) is 0. The number of methoxy groups -OCH3 is 3. The fourth-order valence-electron chi connectivity index (χ4n) is 1.98. The standard InChI is InChI=1S/C16H21N3O5S/c1-21-7-6-17-14(20)9-25-10-15-18-16(19-24-15)11-4-5-12(22-2)13(8-11)23-3/h4-5,8H,6-7,9-10H2,1-3H3,(H,17,20). The molecule has 2 aromatic rings. The molecule has 0 fully saturated rings. The van der Waals surface area contributed by atoms with E-state index >= 15 is 0 Å². The average Bonchev–Trinajstić information content (AvgIpc) is 3.10. The predicted octanol–water partition coefficient (Wildman–Crippen LogP) is 1.75. The molecule has 0 atom stereocenters. The summed E-state index contributed by atoms with van der Waals surface area (Å²) < 4.78 is 20.6. The molecule has 2 rings (SSSR count). The number of nitrogens with one attached hydrogen (secondary N) is 1. The Bertz CT molecular complexity index is 692. The van der Waals surface area contributed by atoms with Crippen LogP contribution in [0.25, 0.3) is 11.4 Å². The Morgan fingerprint density at radius 1 is 1.24 bits per heavy atom. The van der Waals surface area contributed by atoms with Gasteiger partial charge in [0.1, 0.15) is 0 Å². The first-order valence-corrected chi connectivity index (χ1v) is 8.71. The van der Waals surface area contributed by atoms with Gasteiger partial charge in [0.15, 0.2) is 11.5 Å². The Kier molecular flexibility index (Phi) is 7.55. The number of thioether (sulfide) groups is 1. The van der Waals surface area contributed by atoms with Crippen LogP contribution in [0, 0.1) is 0 Å².